The molecule has 0 saturated carbocycles. The fourth-order valence-electron chi connectivity index (χ4n) is 3.30. The molecule has 2 aliphatic heterocycles. The number of hydrogen-bond donors (Lipinski definition) is 1. The number of hydrogen-bond acceptors (Lipinski definition) is 4. The Kier molecular flexibility index (Phi) is 3.03. The topological polar surface area (TPSA) is 65.1 Å². The van der Waals surface area contributed by atoms with Crippen LogP contribution in [0.4, 0.5) is 0 Å². The number of aromatic nitrogens is 3. The molecule has 3 rings (SSSR count). The number of H-pyrrole nitrogens is 1. The first kappa shape index (κ1) is 11.6. The van der Waals surface area contributed by atoms with Gasteiger partial charge in [-0.25, -0.2) is 0 Å². The standard InChI is InChI=1S/C12H19N5O/c1-16-5-2-3-9-8-17(6-4-11(9)16)12(18)10-7-13-15-14-10/h7,9,11H,2-6,8H2,1H3,(H,13,14,15). The first-order valence-electron chi connectivity index (χ1n) is 6.61. The molecule has 0 aliphatic carbocycles. The highest BCUT2D eigenvalue weighted by molar-refractivity contribution is 5.91. The molecule has 98 valence electrons. The quantitative estimate of drug-likeness (QED) is 0.780. The van der Waals surface area contributed by atoms with Crippen LogP contribution >= 0.6 is 0 Å². The summed E-state index contributed by atoms with van der Waals surface area (Å²) in [6.07, 6.45) is 5.05. The number of fused-ring (bicyclic) bond motifs is 1. The summed E-state index contributed by atoms with van der Waals surface area (Å²) in [5.41, 5.74) is 0.428. The lowest BCUT2D eigenvalue weighted by molar-refractivity contribution is 0.0313. The number of nitrogens with one attached hydrogen (secondary N) is 1. The number of nitrogens with zero attached hydrogens (tertiary/aromatic N) is 4. The van der Waals surface area contributed by atoms with Gasteiger partial charge in [0.05, 0.1) is 6.20 Å². The van der Waals surface area contributed by atoms with Gasteiger partial charge in [0.15, 0.2) is 5.69 Å². The zero-order valence-electron chi connectivity index (χ0n) is 10.7. The number of piperidine rings is 2. The highest BCUT2D eigenvalue weighted by atomic mass is 16.2. The van der Waals surface area contributed by atoms with E-state index >= 15 is 0 Å². The average molecular weight is 249 g/mol. The first-order chi connectivity index (χ1) is 8.75. The van der Waals surface area contributed by atoms with E-state index in [1.165, 1.54) is 25.6 Å². The molecule has 1 amide bonds. The molecular weight excluding hydrogens is 230 g/mol. The minimum absolute atomic E-state index is 0.00965. The Hall–Kier alpha value is -1.43. The van der Waals surface area contributed by atoms with Crippen LogP contribution in [0.5, 0.6) is 0 Å². The maximum absolute atomic E-state index is 12.2. The van der Waals surface area contributed by atoms with Crippen LogP contribution in [0.15, 0.2) is 6.20 Å². The van der Waals surface area contributed by atoms with E-state index < -0.39 is 0 Å². The fourth-order valence-corrected chi connectivity index (χ4v) is 3.30. The van der Waals surface area contributed by atoms with Crippen molar-refractivity contribution in [3.8, 4) is 0 Å². The molecule has 2 atom stereocenters. The van der Waals surface area contributed by atoms with Gasteiger partial charge in [0.25, 0.3) is 5.91 Å². The largest absolute Gasteiger partial charge is 0.337 e. The van der Waals surface area contributed by atoms with Crippen molar-refractivity contribution in [2.24, 2.45) is 5.92 Å². The summed E-state index contributed by atoms with van der Waals surface area (Å²) < 4.78 is 0. The SMILES string of the molecule is CN1CCCC2CN(C(=O)c3cn[nH]n3)CCC21. The smallest absolute Gasteiger partial charge is 0.276 e. The average Bonchev–Trinajstić information content (AvgIpc) is 2.91. The van der Waals surface area contributed by atoms with Gasteiger partial charge in [-0.15, -0.1) is 0 Å². The predicted molar refractivity (Wildman–Crippen MR) is 66.0 cm³/mol. The van der Waals surface area contributed by atoms with Crippen LogP contribution in [0.3, 0.4) is 0 Å². The van der Waals surface area contributed by atoms with Gasteiger partial charge < -0.3 is 9.80 Å². The summed E-state index contributed by atoms with van der Waals surface area (Å²) in [6, 6.07) is 0.653. The van der Waals surface area contributed by atoms with Crippen molar-refractivity contribution in [1.29, 1.82) is 0 Å². The molecular formula is C12H19N5O. The van der Waals surface area contributed by atoms with Crippen molar-refractivity contribution in [3.05, 3.63) is 11.9 Å². The molecule has 1 aromatic rings. The van der Waals surface area contributed by atoms with Gasteiger partial charge in [0.1, 0.15) is 0 Å². The zero-order chi connectivity index (χ0) is 12.5. The van der Waals surface area contributed by atoms with Gasteiger partial charge in [0, 0.05) is 19.1 Å². The Labute approximate surface area is 106 Å². The minimum Gasteiger partial charge on any atom is -0.337 e. The van der Waals surface area contributed by atoms with Gasteiger partial charge in [-0.1, -0.05) is 0 Å². The van der Waals surface area contributed by atoms with Crippen LogP contribution in [-0.2, 0) is 0 Å². The summed E-state index contributed by atoms with van der Waals surface area (Å²) in [5.74, 6) is 0.628. The fraction of sp³-hybridized carbons (Fsp3) is 0.750. The maximum Gasteiger partial charge on any atom is 0.276 e. The Morgan fingerprint density at radius 2 is 2.33 bits per heavy atom. The molecule has 0 radical (unpaired) electrons. The molecule has 1 aromatic heterocycles. The van der Waals surface area contributed by atoms with Crippen LogP contribution < -0.4 is 0 Å². The highest BCUT2D eigenvalue weighted by Gasteiger charge is 2.36. The number of aromatic amines is 1. The summed E-state index contributed by atoms with van der Waals surface area (Å²) in [5, 5.41) is 10.1. The van der Waals surface area contributed by atoms with Gasteiger partial charge in [-0.05, 0) is 38.8 Å². The first-order valence-corrected chi connectivity index (χ1v) is 6.61. The third-order valence-corrected chi connectivity index (χ3v) is 4.27. The van der Waals surface area contributed by atoms with Crippen molar-refractivity contribution in [2.75, 3.05) is 26.7 Å². The number of rotatable bonds is 1. The Morgan fingerprint density at radius 3 is 3.11 bits per heavy atom. The number of amides is 1. The molecule has 3 heterocycles. The summed E-state index contributed by atoms with van der Waals surface area (Å²) >= 11 is 0. The Bertz CT molecular complexity index is 418. The summed E-state index contributed by atoms with van der Waals surface area (Å²) in [6.45, 7) is 2.89. The second kappa shape index (κ2) is 4.68. The van der Waals surface area contributed by atoms with Crippen LogP contribution in [0.2, 0.25) is 0 Å². The Morgan fingerprint density at radius 1 is 1.44 bits per heavy atom. The molecule has 1 N–H and O–H groups in total. The van der Waals surface area contributed by atoms with Crippen LogP contribution in [0, 0.1) is 5.92 Å². The molecule has 2 unspecified atom stereocenters. The predicted octanol–water partition coefficient (Wildman–Crippen LogP) is 0.361. The van der Waals surface area contributed by atoms with E-state index in [0.29, 0.717) is 17.7 Å². The van der Waals surface area contributed by atoms with Gasteiger partial charge in [-0.3, -0.25) is 4.79 Å². The van der Waals surface area contributed by atoms with E-state index in [2.05, 4.69) is 27.4 Å². The lowest BCUT2D eigenvalue weighted by Crippen LogP contribution is -2.53. The van der Waals surface area contributed by atoms with Crippen molar-refractivity contribution >= 4 is 5.91 Å². The second-order valence-corrected chi connectivity index (χ2v) is 5.35. The maximum atomic E-state index is 12.2. The van der Waals surface area contributed by atoms with Crippen molar-refractivity contribution in [2.45, 2.75) is 25.3 Å². The van der Waals surface area contributed by atoms with Crippen LogP contribution in [-0.4, -0.2) is 63.8 Å². The van der Waals surface area contributed by atoms with Crippen molar-refractivity contribution < 1.29 is 4.79 Å². The molecule has 0 spiro atoms. The monoisotopic (exact) mass is 249 g/mol. The minimum atomic E-state index is 0.00965. The van der Waals surface area contributed by atoms with Crippen LogP contribution in [0.1, 0.15) is 29.8 Å². The number of likely N-dealkylation sites (tertiary alicyclic amines) is 2. The Balaban J connectivity index is 1.69. The molecule has 2 aliphatic rings. The molecule has 2 saturated heterocycles. The lowest BCUT2D eigenvalue weighted by atomic mass is 9.84. The highest BCUT2D eigenvalue weighted by Crippen LogP contribution is 2.29. The van der Waals surface area contributed by atoms with E-state index in [1.807, 2.05) is 4.90 Å². The van der Waals surface area contributed by atoms with Crippen molar-refractivity contribution in [1.82, 2.24) is 25.2 Å². The third-order valence-electron chi connectivity index (χ3n) is 4.27. The molecule has 0 aromatic carbocycles. The van der Waals surface area contributed by atoms with E-state index in [4.69, 9.17) is 0 Å². The van der Waals surface area contributed by atoms with E-state index in [9.17, 15) is 4.79 Å². The molecule has 6 heteroatoms. The summed E-state index contributed by atoms with van der Waals surface area (Å²) in [7, 11) is 2.20. The lowest BCUT2D eigenvalue weighted by Gasteiger charge is -2.45. The van der Waals surface area contributed by atoms with Crippen LogP contribution in [0.25, 0.3) is 0 Å². The summed E-state index contributed by atoms with van der Waals surface area (Å²) in [4.78, 5) is 16.6. The van der Waals surface area contributed by atoms with E-state index in [1.54, 1.807) is 0 Å². The molecule has 18 heavy (non-hydrogen) atoms. The van der Waals surface area contributed by atoms with Gasteiger partial charge in [0.2, 0.25) is 0 Å². The number of carbonyl (C=O) groups excluding carboxylic acids is 1. The van der Waals surface area contributed by atoms with E-state index in [0.717, 1.165) is 19.5 Å². The molecule has 6 nitrogen and oxygen atoms in total. The second-order valence-electron chi connectivity index (χ2n) is 5.35. The number of carbonyl (C=O) groups is 1. The molecule has 2 fully saturated rings. The van der Waals surface area contributed by atoms with E-state index in [-0.39, 0.29) is 5.91 Å². The molecule has 0 bridgehead atoms. The van der Waals surface area contributed by atoms with Gasteiger partial charge >= 0.3 is 0 Å². The van der Waals surface area contributed by atoms with Gasteiger partial charge in [-0.2, -0.15) is 15.4 Å². The zero-order valence-corrected chi connectivity index (χ0v) is 10.7. The third kappa shape index (κ3) is 2.01. The normalized spacial score (nSPS) is 29.1. The van der Waals surface area contributed by atoms with Crippen molar-refractivity contribution in [3.63, 3.8) is 0 Å².